The molecular formula is C18H12F2N2O4S. The van der Waals surface area contributed by atoms with E-state index in [0.29, 0.717) is 16.7 Å². The summed E-state index contributed by atoms with van der Waals surface area (Å²) in [6.45, 7) is 0.706. The van der Waals surface area contributed by atoms with E-state index in [-0.39, 0.29) is 22.6 Å². The van der Waals surface area contributed by atoms with Crippen molar-refractivity contribution in [2.75, 3.05) is 0 Å². The molecule has 0 saturated heterocycles. The minimum Gasteiger partial charge on any atom is -0.357 e. The van der Waals surface area contributed by atoms with Crippen LogP contribution in [0.4, 0.5) is 8.78 Å². The molecular weight excluding hydrogens is 378 g/mol. The second-order valence-corrected chi connectivity index (χ2v) is 7.11. The third kappa shape index (κ3) is 3.45. The van der Waals surface area contributed by atoms with E-state index >= 15 is 0 Å². The molecule has 1 N–H and O–H groups in total. The van der Waals surface area contributed by atoms with Gasteiger partial charge in [-0.25, -0.2) is 8.78 Å². The third-order valence-corrected chi connectivity index (χ3v) is 4.89. The van der Waals surface area contributed by atoms with E-state index in [1.165, 1.54) is 6.07 Å². The Labute approximate surface area is 153 Å². The maximum atomic E-state index is 14.2. The zero-order valence-corrected chi connectivity index (χ0v) is 14.7. The fraction of sp³-hybridized carbons (Fsp3) is 0.111. The largest absolute Gasteiger partial charge is 0.357 e. The second-order valence-electron chi connectivity index (χ2n) is 5.72. The maximum Gasteiger partial charge on any atom is 0.297 e. The maximum absolute atomic E-state index is 14.2. The van der Waals surface area contributed by atoms with Crippen molar-refractivity contribution in [1.29, 1.82) is 5.26 Å². The van der Waals surface area contributed by atoms with Gasteiger partial charge in [-0.15, -0.1) is 0 Å². The molecule has 0 aliphatic rings. The average molecular weight is 390 g/mol. The monoisotopic (exact) mass is 390 g/mol. The first kappa shape index (κ1) is 18.7. The van der Waals surface area contributed by atoms with Gasteiger partial charge in [0.15, 0.2) is 12.4 Å². The fourth-order valence-electron chi connectivity index (χ4n) is 2.71. The Morgan fingerprint density at radius 3 is 2.48 bits per heavy atom. The van der Waals surface area contributed by atoms with Gasteiger partial charge in [0.1, 0.15) is 16.4 Å². The van der Waals surface area contributed by atoms with E-state index in [0.717, 1.165) is 12.1 Å². The van der Waals surface area contributed by atoms with Crippen molar-refractivity contribution in [1.82, 2.24) is 5.16 Å². The molecule has 0 radical (unpaired) electrons. The lowest BCUT2D eigenvalue weighted by Crippen LogP contribution is -2.01. The lowest BCUT2D eigenvalue weighted by molar-refractivity contribution is 0.332. The summed E-state index contributed by atoms with van der Waals surface area (Å²) < 4.78 is 63.9. The minimum absolute atomic E-state index is 0.130. The highest BCUT2D eigenvalue weighted by Crippen LogP contribution is 2.36. The second kappa shape index (κ2) is 6.90. The van der Waals surface area contributed by atoms with Gasteiger partial charge in [-0.1, -0.05) is 17.3 Å². The molecule has 0 bridgehead atoms. The van der Waals surface area contributed by atoms with Gasteiger partial charge in [0.05, 0.1) is 17.2 Å². The molecule has 0 unspecified atom stereocenters. The number of hydrogen-bond acceptors (Lipinski definition) is 5. The Kier molecular flexibility index (Phi) is 4.78. The van der Waals surface area contributed by atoms with Crippen molar-refractivity contribution >= 4 is 10.1 Å². The Morgan fingerprint density at radius 2 is 1.93 bits per heavy atom. The number of aromatic nitrogens is 1. The zero-order valence-electron chi connectivity index (χ0n) is 13.9. The molecule has 1 aromatic heterocycles. The van der Waals surface area contributed by atoms with Gasteiger partial charge in [0, 0.05) is 5.56 Å². The van der Waals surface area contributed by atoms with Gasteiger partial charge in [-0.3, -0.25) is 4.55 Å². The number of hydrogen-bond donors (Lipinski definition) is 1. The van der Waals surface area contributed by atoms with Crippen LogP contribution < -0.4 is 0 Å². The summed E-state index contributed by atoms with van der Waals surface area (Å²) >= 11 is 0. The molecule has 0 fully saturated rings. The van der Waals surface area contributed by atoms with Crippen molar-refractivity contribution in [3.8, 4) is 28.5 Å². The van der Waals surface area contributed by atoms with E-state index in [9.17, 15) is 17.2 Å². The molecule has 0 aliphatic heterocycles. The zero-order chi connectivity index (χ0) is 19.8. The molecule has 0 amide bonds. The van der Waals surface area contributed by atoms with Crippen molar-refractivity contribution < 1.29 is 26.3 Å². The number of halogens is 2. The molecule has 0 spiro atoms. The minimum atomic E-state index is -4.73. The topological polar surface area (TPSA) is 104 Å². The van der Waals surface area contributed by atoms with Gasteiger partial charge in [-0.2, -0.15) is 13.7 Å². The average Bonchev–Trinajstić information content (AvgIpc) is 3.04. The van der Waals surface area contributed by atoms with Crippen LogP contribution in [-0.4, -0.2) is 18.1 Å². The van der Waals surface area contributed by atoms with E-state index < -0.39 is 27.5 Å². The summed E-state index contributed by atoms with van der Waals surface area (Å²) in [7, 11) is -4.73. The van der Waals surface area contributed by atoms with E-state index in [2.05, 4.69) is 5.16 Å². The van der Waals surface area contributed by atoms with E-state index in [4.69, 9.17) is 14.3 Å². The number of nitriles is 1. The Balaban J connectivity index is 2.20. The molecule has 138 valence electrons. The summed E-state index contributed by atoms with van der Waals surface area (Å²) in [5.41, 5.74) is 2.14. The number of alkyl halides is 1. The predicted octanol–water partition coefficient (Wildman–Crippen LogP) is 4.04. The van der Waals surface area contributed by atoms with Crippen LogP contribution in [0.1, 0.15) is 16.9 Å². The van der Waals surface area contributed by atoms with Crippen LogP contribution in [-0.2, 0) is 16.8 Å². The number of rotatable bonds is 4. The number of aryl methyl sites for hydroxylation is 1. The SMILES string of the molecule is Cc1cc(-c2noc(CF)c2-c2ccc(S(=O)(=O)O)c(F)c2)ccc1C#N. The molecule has 6 nitrogen and oxygen atoms in total. The predicted molar refractivity (Wildman–Crippen MR) is 91.4 cm³/mol. The highest BCUT2D eigenvalue weighted by Gasteiger charge is 2.23. The first-order valence-electron chi connectivity index (χ1n) is 7.59. The molecule has 2 aromatic carbocycles. The third-order valence-electron chi connectivity index (χ3n) is 4.00. The summed E-state index contributed by atoms with van der Waals surface area (Å²) in [6.07, 6.45) is 0. The van der Waals surface area contributed by atoms with Crippen LogP contribution in [0, 0.1) is 24.1 Å². The first-order valence-corrected chi connectivity index (χ1v) is 9.03. The molecule has 9 heteroatoms. The highest BCUT2D eigenvalue weighted by atomic mass is 32.2. The first-order chi connectivity index (χ1) is 12.8. The molecule has 1 heterocycles. The lowest BCUT2D eigenvalue weighted by atomic mass is 9.97. The fourth-order valence-corrected chi connectivity index (χ4v) is 3.26. The summed E-state index contributed by atoms with van der Waals surface area (Å²) in [4.78, 5) is -0.889. The highest BCUT2D eigenvalue weighted by molar-refractivity contribution is 7.85. The van der Waals surface area contributed by atoms with Gasteiger partial charge >= 0.3 is 0 Å². The van der Waals surface area contributed by atoms with Crippen LogP contribution in [0.5, 0.6) is 0 Å². The summed E-state index contributed by atoms with van der Waals surface area (Å²) in [5, 5.41) is 12.9. The Morgan fingerprint density at radius 1 is 1.22 bits per heavy atom. The molecule has 3 aromatic rings. The van der Waals surface area contributed by atoms with Gasteiger partial charge < -0.3 is 4.52 Å². The number of nitrogens with zero attached hydrogens (tertiary/aromatic N) is 2. The molecule has 3 rings (SSSR count). The Bertz CT molecular complexity index is 1180. The van der Waals surface area contributed by atoms with Gasteiger partial charge in [-0.05, 0) is 42.3 Å². The van der Waals surface area contributed by atoms with Crippen LogP contribution in [0.25, 0.3) is 22.4 Å². The van der Waals surface area contributed by atoms with Crippen molar-refractivity contribution in [2.45, 2.75) is 18.5 Å². The molecule has 27 heavy (non-hydrogen) atoms. The van der Waals surface area contributed by atoms with Crippen molar-refractivity contribution in [2.24, 2.45) is 0 Å². The smallest absolute Gasteiger partial charge is 0.297 e. The lowest BCUT2D eigenvalue weighted by Gasteiger charge is -2.07. The van der Waals surface area contributed by atoms with Crippen LogP contribution in [0.15, 0.2) is 45.8 Å². The quantitative estimate of drug-likeness (QED) is 0.674. The van der Waals surface area contributed by atoms with Crippen LogP contribution in [0.3, 0.4) is 0 Å². The van der Waals surface area contributed by atoms with Crippen molar-refractivity contribution in [3.63, 3.8) is 0 Å². The van der Waals surface area contributed by atoms with E-state index in [1.54, 1.807) is 25.1 Å². The standard InChI is InChI=1S/C18H12F2N2O4S/c1-10-6-12(2-3-13(10)9-21)18-17(15(8-19)26-22-18)11-4-5-16(14(20)7-11)27(23,24)25/h2-7H,8H2,1H3,(H,23,24,25). The van der Waals surface area contributed by atoms with Gasteiger partial charge in [0.25, 0.3) is 10.1 Å². The molecule has 0 saturated carbocycles. The normalized spacial score (nSPS) is 11.4. The van der Waals surface area contributed by atoms with Crippen molar-refractivity contribution in [3.05, 3.63) is 59.1 Å². The molecule has 0 aliphatic carbocycles. The number of benzene rings is 2. The Hall–Kier alpha value is -3.09. The van der Waals surface area contributed by atoms with Gasteiger partial charge in [0.2, 0.25) is 0 Å². The molecule has 0 atom stereocenters. The van der Waals surface area contributed by atoms with Crippen LogP contribution >= 0.6 is 0 Å². The summed E-state index contributed by atoms with van der Waals surface area (Å²) in [5.74, 6) is -1.35. The van der Waals surface area contributed by atoms with E-state index in [1.807, 2.05) is 6.07 Å². The van der Waals surface area contributed by atoms with Crippen LogP contribution in [0.2, 0.25) is 0 Å². The summed E-state index contributed by atoms with van der Waals surface area (Å²) in [6, 6.07) is 9.81.